The number of fused-ring (bicyclic) bond motifs is 1. The van der Waals surface area contributed by atoms with Crippen molar-refractivity contribution in [3.63, 3.8) is 0 Å². The summed E-state index contributed by atoms with van der Waals surface area (Å²) in [7, 11) is 0. The summed E-state index contributed by atoms with van der Waals surface area (Å²) in [6.45, 7) is 0. The zero-order valence-electron chi connectivity index (χ0n) is 9.87. The number of nitrogens with zero attached hydrogens (tertiary/aromatic N) is 1. The first-order valence-electron chi connectivity index (χ1n) is 6.08. The van der Waals surface area contributed by atoms with Gasteiger partial charge < -0.3 is 10.3 Å². The van der Waals surface area contributed by atoms with Crippen molar-refractivity contribution in [3.8, 4) is 5.69 Å². The van der Waals surface area contributed by atoms with Crippen LogP contribution in [0.15, 0.2) is 39.4 Å². The highest BCUT2D eigenvalue weighted by atomic mass is 79.9. The summed E-state index contributed by atoms with van der Waals surface area (Å²) in [6, 6.07) is 8.59. The molecule has 2 nitrogen and oxygen atoms in total. The van der Waals surface area contributed by atoms with Gasteiger partial charge in [0, 0.05) is 26.9 Å². The maximum absolute atomic E-state index is 6.17. The van der Waals surface area contributed by atoms with Crippen LogP contribution in [0.1, 0.15) is 30.1 Å². The predicted octanol–water partition coefficient (Wildman–Crippen LogP) is 4.34. The van der Waals surface area contributed by atoms with Gasteiger partial charge in [-0.15, -0.1) is 0 Å². The van der Waals surface area contributed by atoms with Gasteiger partial charge in [0.25, 0.3) is 0 Å². The Balaban J connectivity index is 2.15. The second-order valence-corrected chi connectivity index (χ2v) is 6.45. The van der Waals surface area contributed by atoms with Gasteiger partial charge in [0.15, 0.2) is 0 Å². The van der Waals surface area contributed by atoms with Gasteiger partial charge in [-0.05, 0) is 65.0 Å². The smallest absolute Gasteiger partial charge is 0.0605 e. The van der Waals surface area contributed by atoms with Crippen LogP contribution in [0.5, 0.6) is 0 Å². The normalized spacial score (nSPS) is 18.7. The third-order valence-electron chi connectivity index (χ3n) is 3.52. The Labute approximate surface area is 123 Å². The average Bonchev–Trinajstić information content (AvgIpc) is 2.77. The second-order valence-electron chi connectivity index (χ2n) is 4.68. The SMILES string of the molecule is NC1CCCc2c1ccn2-c1cc(Br)ccc1Br. The Hall–Kier alpha value is -0.580. The molecule has 0 radical (unpaired) electrons. The molecule has 1 atom stereocenters. The molecule has 0 aliphatic heterocycles. The van der Waals surface area contributed by atoms with Crippen LogP contribution in [0, 0.1) is 0 Å². The molecule has 0 saturated carbocycles. The van der Waals surface area contributed by atoms with Gasteiger partial charge in [0.1, 0.15) is 0 Å². The molecule has 4 heteroatoms. The van der Waals surface area contributed by atoms with Crippen LogP contribution in [0.25, 0.3) is 5.69 Å². The van der Waals surface area contributed by atoms with Crippen LogP contribution in [0.4, 0.5) is 0 Å². The lowest BCUT2D eigenvalue weighted by molar-refractivity contribution is 0.560. The standard InChI is InChI=1S/C14H14Br2N2/c15-9-4-5-11(16)14(8-9)18-7-6-10-12(17)2-1-3-13(10)18/h4-8,12H,1-3,17H2. The van der Waals surface area contributed by atoms with Crippen LogP contribution in [-0.4, -0.2) is 4.57 Å². The molecule has 0 fully saturated rings. The van der Waals surface area contributed by atoms with Crippen molar-refractivity contribution in [1.29, 1.82) is 0 Å². The molecule has 0 bridgehead atoms. The van der Waals surface area contributed by atoms with E-state index in [0.717, 1.165) is 21.8 Å². The minimum absolute atomic E-state index is 0.195. The number of hydrogen-bond donors (Lipinski definition) is 1. The molecule has 2 aromatic rings. The van der Waals surface area contributed by atoms with Crippen LogP contribution in [-0.2, 0) is 6.42 Å². The molecule has 1 aromatic heterocycles. The van der Waals surface area contributed by atoms with E-state index < -0.39 is 0 Å². The molecule has 1 unspecified atom stereocenters. The largest absolute Gasteiger partial charge is 0.324 e. The Kier molecular flexibility index (Phi) is 3.34. The lowest BCUT2D eigenvalue weighted by Crippen LogP contribution is -2.17. The van der Waals surface area contributed by atoms with E-state index in [0.29, 0.717) is 0 Å². The summed E-state index contributed by atoms with van der Waals surface area (Å²) < 4.78 is 4.44. The van der Waals surface area contributed by atoms with Crippen molar-refractivity contribution in [3.05, 3.63) is 50.7 Å². The molecule has 3 rings (SSSR count). The molecule has 1 aromatic carbocycles. The Morgan fingerprint density at radius 3 is 2.89 bits per heavy atom. The number of aromatic nitrogens is 1. The zero-order chi connectivity index (χ0) is 12.7. The Morgan fingerprint density at radius 2 is 2.06 bits per heavy atom. The summed E-state index contributed by atoms with van der Waals surface area (Å²) in [5.41, 5.74) is 9.99. The molecule has 0 spiro atoms. The monoisotopic (exact) mass is 368 g/mol. The maximum atomic E-state index is 6.17. The lowest BCUT2D eigenvalue weighted by atomic mass is 9.93. The van der Waals surface area contributed by atoms with E-state index in [-0.39, 0.29) is 6.04 Å². The van der Waals surface area contributed by atoms with Gasteiger partial charge in [0.05, 0.1) is 5.69 Å². The summed E-state index contributed by atoms with van der Waals surface area (Å²) in [6.07, 6.45) is 5.50. The molecule has 1 heterocycles. The lowest BCUT2D eigenvalue weighted by Gasteiger charge is -2.21. The fraction of sp³-hybridized carbons (Fsp3) is 0.286. The number of rotatable bonds is 1. The van der Waals surface area contributed by atoms with Gasteiger partial charge in [0.2, 0.25) is 0 Å². The van der Waals surface area contributed by atoms with Gasteiger partial charge in [-0.25, -0.2) is 0 Å². The van der Waals surface area contributed by atoms with Crippen molar-refractivity contribution in [1.82, 2.24) is 4.57 Å². The minimum Gasteiger partial charge on any atom is -0.324 e. The van der Waals surface area contributed by atoms with E-state index >= 15 is 0 Å². The quantitative estimate of drug-likeness (QED) is 0.796. The van der Waals surface area contributed by atoms with Crippen LogP contribution >= 0.6 is 31.9 Å². The molecule has 0 saturated heterocycles. The number of benzene rings is 1. The topological polar surface area (TPSA) is 30.9 Å². The van der Waals surface area contributed by atoms with E-state index in [1.807, 2.05) is 6.07 Å². The molecule has 1 aliphatic carbocycles. The molecule has 2 N–H and O–H groups in total. The van der Waals surface area contributed by atoms with Gasteiger partial charge in [-0.1, -0.05) is 15.9 Å². The predicted molar refractivity (Wildman–Crippen MR) is 81.0 cm³/mol. The van der Waals surface area contributed by atoms with Crippen molar-refractivity contribution in [2.75, 3.05) is 0 Å². The van der Waals surface area contributed by atoms with Crippen molar-refractivity contribution in [2.24, 2.45) is 5.73 Å². The fourth-order valence-corrected chi connectivity index (χ4v) is 3.41. The second kappa shape index (κ2) is 4.83. The Bertz CT molecular complexity index is 589. The van der Waals surface area contributed by atoms with E-state index in [9.17, 15) is 0 Å². The minimum atomic E-state index is 0.195. The molecule has 18 heavy (non-hydrogen) atoms. The van der Waals surface area contributed by atoms with E-state index in [4.69, 9.17) is 5.73 Å². The fourth-order valence-electron chi connectivity index (χ4n) is 2.62. The van der Waals surface area contributed by atoms with Crippen molar-refractivity contribution in [2.45, 2.75) is 25.3 Å². The van der Waals surface area contributed by atoms with Crippen LogP contribution in [0.2, 0.25) is 0 Å². The van der Waals surface area contributed by atoms with Crippen LogP contribution in [0.3, 0.4) is 0 Å². The Morgan fingerprint density at radius 1 is 1.22 bits per heavy atom. The first-order valence-corrected chi connectivity index (χ1v) is 7.66. The number of hydrogen-bond acceptors (Lipinski definition) is 1. The third kappa shape index (κ3) is 2.06. The molecular weight excluding hydrogens is 356 g/mol. The highest BCUT2D eigenvalue weighted by Gasteiger charge is 2.21. The number of halogens is 2. The maximum Gasteiger partial charge on any atom is 0.0605 e. The highest BCUT2D eigenvalue weighted by molar-refractivity contribution is 9.11. The summed E-state index contributed by atoms with van der Waals surface area (Å²) in [4.78, 5) is 0. The third-order valence-corrected chi connectivity index (χ3v) is 4.69. The van der Waals surface area contributed by atoms with E-state index in [2.05, 4.69) is 60.8 Å². The van der Waals surface area contributed by atoms with E-state index in [1.54, 1.807) is 0 Å². The first-order chi connectivity index (χ1) is 8.66. The summed E-state index contributed by atoms with van der Waals surface area (Å²) in [5, 5.41) is 0. The molecular formula is C14H14Br2N2. The van der Waals surface area contributed by atoms with E-state index in [1.165, 1.54) is 23.4 Å². The van der Waals surface area contributed by atoms with Gasteiger partial charge >= 0.3 is 0 Å². The first kappa shape index (κ1) is 12.5. The zero-order valence-corrected chi connectivity index (χ0v) is 13.0. The van der Waals surface area contributed by atoms with Crippen LogP contribution < -0.4 is 5.73 Å². The summed E-state index contributed by atoms with van der Waals surface area (Å²) >= 11 is 7.15. The molecule has 1 aliphatic rings. The van der Waals surface area contributed by atoms with Gasteiger partial charge in [-0.3, -0.25) is 0 Å². The van der Waals surface area contributed by atoms with Crippen molar-refractivity contribution < 1.29 is 0 Å². The average molecular weight is 370 g/mol. The van der Waals surface area contributed by atoms with Gasteiger partial charge in [-0.2, -0.15) is 0 Å². The number of nitrogens with two attached hydrogens (primary N) is 1. The highest BCUT2D eigenvalue weighted by Crippen LogP contribution is 2.33. The summed E-state index contributed by atoms with van der Waals surface area (Å²) in [5.74, 6) is 0. The van der Waals surface area contributed by atoms with Crippen molar-refractivity contribution >= 4 is 31.9 Å². The molecule has 0 amide bonds. The molecule has 94 valence electrons.